The number of hydrogen-bond acceptors (Lipinski definition) is 3. The quantitative estimate of drug-likeness (QED) is 0.764. The molecule has 1 aliphatic rings. The van der Waals surface area contributed by atoms with Crippen molar-refractivity contribution in [3.8, 4) is 0 Å². The first-order valence-electron chi connectivity index (χ1n) is 5.56. The first-order chi connectivity index (χ1) is 7.17. The van der Waals surface area contributed by atoms with Crippen LogP contribution in [0.15, 0.2) is 0 Å². The van der Waals surface area contributed by atoms with Crippen molar-refractivity contribution in [3.63, 3.8) is 0 Å². The van der Waals surface area contributed by atoms with Gasteiger partial charge >= 0.3 is 0 Å². The van der Waals surface area contributed by atoms with Crippen LogP contribution in [0.2, 0.25) is 0 Å². The summed E-state index contributed by atoms with van der Waals surface area (Å²) in [6.45, 7) is 9.46. The molecule has 1 amide bonds. The van der Waals surface area contributed by atoms with Gasteiger partial charge in [-0.2, -0.15) is 11.8 Å². The summed E-state index contributed by atoms with van der Waals surface area (Å²) in [5, 5.41) is 2.82. The molecule has 0 radical (unpaired) electrons. The van der Waals surface area contributed by atoms with Crippen LogP contribution < -0.4 is 5.32 Å². The van der Waals surface area contributed by atoms with Crippen LogP contribution in [0.3, 0.4) is 0 Å². The first-order valence-corrected chi connectivity index (χ1v) is 6.71. The van der Waals surface area contributed by atoms with Crippen molar-refractivity contribution >= 4 is 23.5 Å². The van der Waals surface area contributed by atoms with Crippen molar-refractivity contribution in [2.45, 2.75) is 40.7 Å². The van der Waals surface area contributed by atoms with Crippen LogP contribution in [0, 0.1) is 10.8 Å². The van der Waals surface area contributed by atoms with Crippen molar-refractivity contribution < 1.29 is 9.59 Å². The maximum absolute atomic E-state index is 12.4. The van der Waals surface area contributed by atoms with E-state index in [0.717, 1.165) is 11.5 Å². The predicted molar refractivity (Wildman–Crippen MR) is 67.5 cm³/mol. The third-order valence-corrected chi connectivity index (χ3v) is 4.87. The number of carbonyl (C=O) groups excluding carboxylic acids is 2. The van der Waals surface area contributed by atoms with Gasteiger partial charge in [0.2, 0.25) is 5.91 Å². The van der Waals surface area contributed by atoms with E-state index in [9.17, 15) is 9.59 Å². The van der Waals surface area contributed by atoms with Crippen LogP contribution in [0.1, 0.15) is 34.6 Å². The smallest absolute Gasteiger partial charge is 0.217 e. The Morgan fingerprint density at radius 3 is 2.38 bits per heavy atom. The highest BCUT2D eigenvalue weighted by Gasteiger charge is 2.45. The van der Waals surface area contributed by atoms with Crippen LogP contribution in [-0.2, 0) is 9.59 Å². The largest absolute Gasteiger partial charge is 0.346 e. The summed E-state index contributed by atoms with van der Waals surface area (Å²) in [5.41, 5.74) is -0.535. The van der Waals surface area contributed by atoms with E-state index >= 15 is 0 Å². The lowest BCUT2D eigenvalue weighted by atomic mass is 9.75. The van der Waals surface area contributed by atoms with Crippen molar-refractivity contribution in [3.05, 3.63) is 0 Å². The molecule has 0 aromatic rings. The van der Waals surface area contributed by atoms with E-state index < -0.39 is 0 Å². The molecule has 0 aromatic carbocycles. The normalized spacial score (nSPS) is 28.3. The number of Topliss-reactive ketones (excluding diaryl/α,β-unsaturated/α-hetero) is 1. The zero-order valence-corrected chi connectivity index (χ0v) is 11.5. The Balaban J connectivity index is 3.03. The van der Waals surface area contributed by atoms with Crippen molar-refractivity contribution in [2.75, 3.05) is 11.5 Å². The molecule has 0 bridgehead atoms. The van der Waals surface area contributed by atoms with E-state index in [-0.39, 0.29) is 28.6 Å². The van der Waals surface area contributed by atoms with Crippen molar-refractivity contribution in [2.24, 2.45) is 10.8 Å². The van der Waals surface area contributed by atoms with Crippen LogP contribution in [-0.4, -0.2) is 29.2 Å². The number of thioether (sulfide) groups is 1. The summed E-state index contributed by atoms with van der Waals surface area (Å²) < 4.78 is 0. The Hall–Kier alpha value is -0.510. The second-order valence-corrected chi connectivity index (χ2v) is 6.85. The molecule has 1 saturated heterocycles. The van der Waals surface area contributed by atoms with Crippen molar-refractivity contribution in [1.82, 2.24) is 5.32 Å². The van der Waals surface area contributed by atoms with Gasteiger partial charge in [0, 0.05) is 29.3 Å². The highest BCUT2D eigenvalue weighted by Crippen LogP contribution is 2.38. The molecule has 1 unspecified atom stereocenters. The molecule has 4 heteroatoms. The summed E-state index contributed by atoms with van der Waals surface area (Å²) >= 11 is 1.79. The average Bonchev–Trinajstić information content (AvgIpc) is 2.16. The summed E-state index contributed by atoms with van der Waals surface area (Å²) in [7, 11) is 0. The standard InChI is InChI=1S/C12H21NO2S/c1-8(14)13-9-10(15)12(4,5)7-16-6-11(9,2)3/h9H,6-7H2,1-5H3,(H,13,14). The molecule has 16 heavy (non-hydrogen) atoms. The molecule has 0 aliphatic carbocycles. The van der Waals surface area contributed by atoms with E-state index in [1.165, 1.54) is 6.92 Å². The lowest BCUT2D eigenvalue weighted by Crippen LogP contribution is -2.53. The Kier molecular flexibility index (Phi) is 3.72. The molecule has 1 atom stereocenters. The van der Waals surface area contributed by atoms with Gasteiger partial charge in [-0.3, -0.25) is 9.59 Å². The molecule has 0 saturated carbocycles. The van der Waals surface area contributed by atoms with Crippen LogP contribution in [0.25, 0.3) is 0 Å². The van der Waals surface area contributed by atoms with E-state index in [1.807, 2.05) is 27.7 Å². The maximum Gasteiger partial charge on any atom is 0.217 e. The molecule has 1 aliphatic heterocycles. The van der Waals surface area contributed by atoms with Gasteiger partial charge in [0.15, 0.2) is 5.78 Å². The average molecular weight is 243 g/mol. The minimum Gasteiger partial charge on any atom is -0.346 e. The van der Waals surface area contributed by atoms with Gasteiger partial charge < -0.3 is 5.32 Å². The maximum atomic E-state index is 12.4. The third kappa shape index (κ3) is 2.78. The van der Waals surface area contributed by atoms with E-state index in [0.29, 0.717) is 0 Å². The van der Waals surface area contributed by atoms with Gasteiger partial charge in [0.1, 0.15) is 0 Å². The second kappa shape index (κ2) is 4.40. The van der Waals surface area contributed by atoms with Gasteiger partial charge in [-0.1, -0.05) is 27.7 Å². The molecule has 3 nitrogen and oxygen atoms in total. The topological polar surface area (TPSA) is 46.2 Å². The summed E-state index contributed by atoms with van der Waals surface area (Å²) in [4.78, 5) is 23.6. The summed E-state index contributed by atoms with van der Waals surface area (Å²) in [6, 6.07) is -0.366. The SMILES string of the molecule is CC(=O)NC1C(=O)C(C)(C)CSCC1(C)C. The minimum atomic E-state index is -0.366. The Morgan fingerprint density at radius 2 is 1.88 bits per heavy atom. The van der Waals surface area contributed by atoms with Gasteiger partial charge in [-0.25, -0.2) is 0 Å². The van der Waals surface area contributed by atoms with Gasteiger partial charge in [0.25, 0.3) is 0 Å². The highest BCUT2D eigenvalue weighted by atomic mass is 32.2. The molecule has 0 aromatic heterocycles. The Bertz CT molecular complexity index is 310. The van der Waals surface area contributed by atoms with Crippen LogP contribution in [0.5, 0.6) is 0 Å². The van der Waals surface area contributed by atoms with E-state index in [4.69, 9.17) is 0 Å². The first kappa shape index (κ1) is 13.6. The molecule has 1 N–H and O–H groups in total. The fourth-order valence-electron chi connectivity index (χ4n) is 1.93. The zero-order chi connectivity index (χ0) is 12.6. The Morgan fingerprint density at radius 1 is 1.31 bits per heavy atom. The third-order valence-electron chi connectivity index (χ3n) is 3.00. The zero-order valence-electron chi connectivity index (χ0n) is 10.7. The number of nitrogens with one attached hydrogen (secondary N) is 1. The number of carbonyl (C=O) groups is 2. The highest BCUT2D eigenvalue weighted by molar-refractivity contribution is 7.99. The number of hydrogen-bond donors (Lipinski definition) is 1. The summed E-state index contributed by atoms with van der Waals surface area (Å²) in [5.74, 6) is 1.74. The summed E-state index contributed by atoms with van der Waals surface area (Å²) in [6.07, 6.45) is 0. The molecular weight excluding hydrogens is 222 g/mol. The molecule has 1 fully saturated rings. The van der Waals surface area contributed by atoms with Gasteiger partial charge in [-0.15, -0.1) is 0 Å². The van der Waals surface area contributed by atoms with Crippen LogP contribution in [0.4, 0.5) is 0 Å². The molecule has 1 heterocycles. The minimum absolute atomic E-state index is 0.130. The molecule has 0 spiro atoms. The van der Waals surface area contributed by atoms with E-state index in [2.05, 4.69) is 5.32 Å². The number of ketones is 1. The molecule has 1 rings (SSSR count). The number of amides is 1. The lowest BCUT2D eigenvalue weighted by molar-refractivity contribution is -0.134. The molecule has 92 valence electrons. The molecular formula is C12H21NO2S. The van der Waals surface area contributed by atoms with Crippen LogP contribution >= 0.6 is 11.8 Å². The lowest BCUT2D eigenvalue weighted by Gasteiger charge is -2.33. The fourth-order valence-corrected chi connectivity index (χ4v) is 3.38. The van der Waals surface area contributed by atoms with Gasteiger partial charge in [0.05, 0.1) is 6.04 Å². The van der Waals surface area contributed by atoms with Crippen molar-refractivity contribution in [1.29, 1.82) is 0 Å². The fraction of sp³-hybridized carbons (Fsp3) is 0.833. The van der Waals surface area contributed by atoms with Gasteiger partial charge in [-0.05, 0) is 0 Å². The van der Waals surface area contributed by atoms with E-state index in [1.54, 1.807) is 11.8 Å². The second-order valence-electron chi connectivity index (χ2n) is 5.86. The Labute approximate surface area is 102 Å². The number of rotatable bonds is 1. The monoisotopic (exact) mass is 243 g/mol. The predicted octanol–water partition coefficient (Wildman–Crippen LogP) is 1.86.